The molecule has 0 atom stereocenters. The fourth-order valence-corrected chi connectivity index (χ4v) is 3.54. The van der Waals surface area contributed by atoms with E-state index in [2.05, 4.69) is 37.6 Å². The lowest BCUT2D eigenvalue weighted by atomic mass is 10.2. The summed E-state index contributed by atoms with van der Waals surface area (Å²) in [4.78, 5) is 10.4. The Morgan fingerprint density at radius 3 is 2.67 bits per heavy atom. The van der Waals surface area contributed by atoms with E-state index in [0.29, 0.717) is 4.47 Å². The molecule has 3 rings (SSSR count). The zero-order valence-electron chi connectivity index (χ0n) is 11.9. The molecule has 2 aromatic rings. The Labute approximate surface area is 136 Å². The van der Waals surface area contributed by atoms with E-state index in [4.69, 9.17) is 0 Å². The SMILES string of the molecule is Cc1cnc(N2CCN(Cc3ccc(Br)c(F)c3)CC2)s1. The lowest BCUT2D eigenvalue weighted by Gasteiger charge is -2.34. The maximum Gasteiger partial charge on any atom is 0.185 e. The minimum atomic E-state index is -0.190. The monoisotopic (exact) mass is 369 g/mol. The molecule has 0 aliphatic carbocycles. The van der Waals surface area contributed by atoms with Gasteiger partial charge in [-0.2, -0.15) is 0 Å². The molecule has 1 aliphatic rings. The topological polar surface area (TPSA) is 19.4 Å². The van der Waals surface area contributed by atoms with Crippen molar-refractivity contribution >= 4 is 32.4 Å². The van der Waals surface area contributed by atoms with Crippen LogP contribution in [0.15, 0.2) is 28.9 Å². The predicted molar refractivity (Wildman–Crippen MR) is 88.4 cm³/mol. The molecular formula is C15H17BrFN3S. The summed E-state index contributed by atoms with van der Waals surface area (Å²) in [6, 6.07) is 5.36. The Hall–Kier alpha value is -0.980. The van der Waals surface area contributed by atoms with Gasteiger partial charge in [0.05, 0.1) is 4.47 Å². The smallest absolute Gasteiger partial charge is 0.185 e. The molecule has 0 saturated carbocycles. The maximum atomic E-state index is 13.5. The minimum absolute atomic E-state index is 0.190. The van der Waals surface area contributed by atoms with Crippen LogP contribution in [-0.4, -0.2) is 36.1 Å². The molecule has 1 aromatic heterocycles. The summed E-state index contributed by atoms with van der Waals surface area (Å²) in [6.07, 6.45) is 1.93. The highest BCUT2D eigenvalue weighted by molar-refractivity contribution is 9.10. The van der Waals surface area contributed by atoms with Gasteiger partial charge in [0.1, 0.15) is 5.82 Å². The van der Waals surface area contributed by atoms with Crippen molar-refractivity contribution in [2.75, 3.05) is 31.1 Å². The van der Waals surface area contributed by atoms with E-state index in [1.807, 2.05) is 12.3 Å². The van der Waals surface area contributed by atoms with Crippen LogP contribution in [0.5, 0.6) is 0 Å². The van der Waals surface area contributed by atoms with Crippen molar-refractivity contribution in [2.24, 2.45) is 0 Å². The van der Waals surface area contributed by atoms with Gasteiger partial charge in [0.2, 0.25) is 0 Å². The third-order valence-electron chi connectivity index (χ3n) is 3.64. The number of thiazole rings is 1. The molecule has 112 valence electrons. The molecule has 0 bridgehead atoms. The molecule has 6 heteroatoms. The van der Waals surface area contributed by atoms with Crippen molar-refractivity contribution < 1.29 is 4.39 Å². The quantitative estimate of drug-likeness (QED) is 0.822. The fourth-order valence-electron chi connectivity index (χ4n) is 2.48. The van der Waals surface area contributed by atoms with Crippen LogP contribution in [0.3, 0.4) is 0 Å². The number of hydrogen-bond donors (Lipinski definition) is 0. The number of anilines is 1. The summed E-state index contributed by atoms with van der Waals surface area (Å²) in [5.41, 5.74) is 1.02. The molecule has 1 fully saturated rings. The van der Waals surface area contributed by atoms with Gasteiger partial charge in [-0.3, -0.25) is 4.90 Å². The Balaban J connectivity index is 1.57. The summed E-state index contributed by atoms with van der Waals surface area (Å²) in [5, 5.41) is 1.11. The number of aromatic nitrogens is 1. The van der Waals surface area contributed by atoms with E-state index >= 15 is 0 Å². The van der Waals surface area contributed by atoms with E-state index in [1.165, 1.54) is 4.88 Å². The number of piperazine rings is 1. The lowest BCUT2D eigenvalue weighted by Crippen LogP contribution is -2.45. The van der Waals surface area contributed by atoms with Crippen LogP contribution in [0, 0.1) is 12.7 Å². The summed E-state index contributed by atoms with van der Waals surface area (Å²) in [5.74, 6) is -0.190. The van der Waals surface area contributed by atoms with E-state index in [0.717, 1.165) is 43.4 Å². The lowest BCUT2D eigenvalue weighted by molar-refractivity contribution is 0.249. The molecule has 1 saturated heterocycles. The molecule has 21 heavy (non-hydrogen) atoms. The highest BCUT2D eigenvalue weighted by atomic mass is 79.9. The summed E-state index contributed by atoms with van der Waals surface area (Å²) < 4.78 is 14.1. The van der Waals surface area contributed by atoms with Gasteiger partial charge in [-0.05, 0) is 40.5 Å². The zero-order chi connectivity index (χ0) is 14.8. The van der Waals surface area contributed by atoms with Gasteiger partial charge in [-0.1, -0.05) is 6.07 Å². The predicted octanol–water partition coefficient (Wildman–Crippen LogP) is 3.68. The average Bonchev–Trinajstić information content (AvgIpc) is 2.90. The molecule has 1 aliphatic heterocycles. The van der Waals surface area contributed by atoms with Crippen LogP contribution in [0.2, 0.25) is 0 Å². The molecule has 0 spiro atoms. The number of rotatable bonds is 3. The molecule has 0 radical (unpaired) electrons. The van der Waals surface area contributed by atoms with Crippen LogP contribution >= 0.6 is 27.3 Å². The Morgan fingerprint density at radius 1 is 1.29 bits per heavy atom. The molecule has 2 heterocycles. The van der Waals surface area contributed by atoms with Gasteiger partial charge in [0.15, 0.2) is 5.13 Å². The number of hydrogen-bond acceptors (Lipinski definition) is 4. The van der Waals surface area contributed by atoms with Gasteiger partial charge in [-0.15, -0.1) is 11.3 Å². The van der Waals surface area contributed by atoms with Gasteiger partial charge in [0, 0.05) is 43.8 Å². The van der Waals surface area contributed by atoms with Crippen molar-refractivity contribution in [1.29, 1.82) is 0 Å². The third-order valence-corrected chi connectivity index (χ3v) is 5.26. The second kappa shape index (κ2) is 6.42. The maximum absolute atomic E-state index is 13.5. The average molecular weight is 370 g/mol. The third kappa shape index (κ3) is 3.62. The zero-order valence-corrected chi connectivity index (χ0v) is 14.3. The first-order valence-electron chi connectivity index (χ1n) is 6.95. The van der Waals surface area contributed by atoms with Gasteiger partial charge in [-0.25, -0.2) is 9.37 Å². The van der Waals surface area contributed by atoms with Crippen molar-refractivity contribution in [3.63, 3.8) is 0 Å². The van der Waals surface area contributed by atoms with Crippen molar-refractivity contribution in [1.82, 2.24) is 9.88 Å². The largest absolute Gasteiger partial charge is 0.346 e. The number of benzene rings is 1. The van der Waals surface area contributed by atoms with Crippen LogP contribution in [0.25, 0.3) is 0 Å². The second-order valence-electron chi connectivity index (χ2n) is 5.27. The van der Waals surface area contributed by atoms with Crippen LogP contribution in [0.4, 0.5) is 9.52 Å². The van der Waals surface area contributed by atoms with Crippen molar-refractivity contribution in [3.05, 3.63) is 45.1 Å². The van der Waals surface area contributed by atoms with Crippen molar-refractivity contribution in [3.8, 4) is 0 Å². The first-order chi connectivity index (χ1) is 10.1. The fraction of sp³-hybridized carbons (Fsp3) is 0.400. The highest BCUT2D eigenvalue weighted by Crippen LogP contribution is 2.23. The van der Waals surface area contributed by atoms with Gasteiger partial charge < -0.3 is 4.90 Å². The standard InChI is InChI=1S/C15H17BrFN3S/c1-11-9-18-15(21-11)20-6-4-19(5-7-20)10-12-2-3-13(16)14(17)8-12/h2-3,8-9H,4-7,10H2,1H3. The number of halogens is 2. The first kappa shape index (κ1) is 14.9. The second-order valence-corrected chi connectivity index (χ2v) is 7.33. The Morgan fingerprint density at radius 2 is 2.05 bits per heavy atom. The van der Waals surface area contributed by atoms with Gasteiger partial charge >= 0.3 is 0 Å². The van der Waals surface area contributed by atoms with Crippen LogP contribution in [0.1, 0.15) is 10.4 Å². The van der Waals surface area contributed by atoms with Gasteiger partial charge in [0.25, 0.3) is 0 Å². The molecule has 0 amide bonds. The number of aryl methyl sites for hydroxylation is 1. The van der Waals surface area contributed by atoms with E-state index in [1.54, 1.807) is 23.5 Å². The van der Waals surface area contributed by atoms with Crippen LogP contribution < -0.4 is 4.90 Å². The van der Waals surface area contributed by atoms with E-state index < -0.39 is 0 Å². The van der Waals surface area contributed by atoms with Crippen LogP contribution in [-0.2, 0) is 6.54 Å². The normalized spacial score (nSPS) is 16.4. The van der Waals surface area contributed by atoms with Crippen molar-refractivity contribution in [2.45, 2.75) is 13.5 Å². The molecular weight excluding hydrogens is 353 g/mol. The molecule has 3 nitrogen and oxygen atoms in total. The Kier molecular flexibility index (Phi) is 4.57. The minimum Gasteiger partial charge on any atom is -0.346 e. The number of nitrogens with zero attached hydrogens (tertiary/aromatic N) is 3. The highest BCUT2D eigenvalue weighted by Gasteiger charge is 2.19. The Bertz CT molecular complexity index is 623. The van der Waals surface area contributed by atoms with E-state index in [-0.39, 0.29) is 5.82 Å². The van der Waals surface area contributed by atoms with E-state index in [9.17, 15) is 4.39 Å². The molecule has 1 aromatic carbocycles. The summed E-state index contributed by atoms with van der Waals surface area (Å²) >= 11 is 4.93. The molecule has 0 unspecified atom stereocenters. The summed E-state index contributed by atoms with van der Waals surface area (Å²) in [7, 11) is 0. The summed E-state index contributed by atoms with van der Waals surface area (Å²) in [6.45, 7) is 6.80. The first-order valence-corrected chi connectivity index (χ1v) is 8.56. The molecule has 0 N–H and O–H groups in total.